The molecule has 2 aliphatic carbocycles. The van der Waals surface area contributed by atoms with E-state index in [1.165, 1.54) is 62.7 Å². The second kappa shape index (κ2) is 8.61. The Morgan fingerprint density at radius 2 is 1.51 bits per heavy atom. The third-order valence-corrected chi connectivity index (χ3v) is 9.79. The predicted molar refractivity (Wildman–Crippen MR) is 137 cm³/mol. The molecule has 4 heterocycles. The van der Waals surface area contributed by atoms with Gasteiger partial charge in [-0.05, 0) is 68.9 Å². The van der Waals surface area contributed by atoms with Crippen LogP contribution in [-0.2, 0) is 0 Å². The number of fused-ring (bicyclic) bond motifs is 5. The lowest BCUT2D eigenvalue weighted by atomic mass is 9.68. The monoisotopic (exact) mass is 475 g/mol. The summed E-state index contributed by atoms with van der Waals surface area (Å²) >= 11 is 0. The topological polar surface area (TPSA) is 70.5 Å². The molecule has 0 radical (unpaired) electrons. The van der Waals surface area contributed by atoms with Gasteiger partial charge in [0.1, 0.15) is 0 Å². The van der Waals surface area contributed by atoms with E-state index in [1.54, 1.807) is 0 Å². The molecule has 35 heavy (non-hydrogen) atoms. The van der Waals surface area contributed by atoms with Crippen molar-refractivity contribution in [2.45, 2.75) is 94.8 Å². The fourth-order valence-corrected chi connectivity index (χ4v) is 8.49. The molecule has 0 spiro atoms. The zero-order chi connectivity index (χ0) is 23.5. The number of hydrogen-bond acceptors (Lipinski definition) is 4. The van der Waals surface area contributed by atoms with Crippen molar-refractivity contribution in [2.24, 2.45) is 11.8 Å². The maximum Gasteiger partial charge on any atom is 0.323 e. The first-order valence-electron chi connectivity index (χ1n) is 14.0. The molecule has 2 saturated carbocycles. The van der Waals surface area contributed by atoms with E-state index in [9.17, 15) is 9.59 Å². The van der Waals surface area contributed by atoms with Gasteiger partial charge in [-0.25, -0.2) is 9.78 Å². The van der Waals surface area contributed by atoms with Crippen LogP contribution in [0.1, 0.15) is 76.7 Å². The molecule has 3 aliphatic heterocycles. The molecule has 4 unspecified atom stereocenters. The summed E-state index contributed by atoms with van der Waals surface area (Å²) in [5.41, 5.74) is 1.60. The Morgan fingerprint density at radius 1 is 0.800 bits per heavy atom. The number of piperidine rings is 2. The summed E-state index contributed by atoms with van der Waals surface area (Å²) in [5, 5.41) is 2.83. The van der Waals surface area contributed by atoms with Crippen molar-refractivity contribution in [3.05, 3.63) is 34.6 Å². The average Bonchev–Trinajstić information content (AvgIpc) is 3.28. The Kier molecular flexibility index (Phi) is 5.37. The van der Waals surface area contributed by atoms with Crippen molar-refractivity contribution in [1.82, 2.24) is 19.8 Å². The molecule has 5 aliphatic rings. The number of benzene rings is 1. The SMILES string of the molecule is O=C1NCCN1c1nc2ccccc2n(C2CC3CCCC(C2)N3C2CC3CCCC(C3)C2)c1=O. The molecule has 5 fully saturated rings. The molecule has 2 amide bonds. The van der Waals surface area contributed by atoms with Gasteiger partial charge in [-0.15, -0.1) is 0 Å². The van der Waals surface area contributed by atoms with Crippen molar-refractivity contribution >= 4 is 22.9 Å². The van der Waals surface area contributed by atoms with Crippen LogP contribution in [0.25, 0.3) is 11.0 Å². The lowest BCUT2D eigenvalue weighted by Crippen LogP contribution is -2.58. The minimum atomic E-state index is -0.217. The number of nitrogens with one attached hydrogen (secondary N) is 1. The lowest BCUT2D eigenvalue weighted by molar-refractivity contribution is -0.0485. The largest absolute Gasteiger partial charge is 0.336 e. The zero-order valence-corrected chi connectivity index (χ0v) is 20.6. The van der Waals surface area contributed by atoms with E-state index >= 15 is 0 Å². The molecule has 7 nitrogen and oxygen atoms in total. The Balaban J connectivity index is 1.24. The predicted octanol–water partition coefficient (Wildman–Crippen LogP) is 4.45. The Bertz CT molecular complexity index is 1170. The van der Waals surface area contributed by atoms with Crippen molar-refractivity contribution < 1.29 is 4.79 Å². The van der Waals surface area contributed by atoms with Gasteiger partial charge in [0.15, 0.2) is 0 Å². The van der Waals surface area contributed by atoms with Gasteiger partial charge in [0.05, 0.1) is 11.0 Å². The van der Waals surface area contributed by atoms with Crippen molar-refractivity contribution in [3.8, 4) is 0 Å². The number of hydrogen-bond donors (Lipinski definition) is 1. The molecule has 4 bridgehead atoms. The van der Waals surface area contributed by atoms with Gasteiger partial charge in [-0.2, -0.15) is 0 Å². The first-order valence-corrected chi connectivity index (χ1v) is 14.0. The van der Waals surface area contributed by atoms with Crippen LogP contribution < -0.4 is 15.8 Å². The van der Waals surface area contributed by atoms with Crippen LogP contribution in [0.4, 0.5) is 10.6 Å². The molecule has 2 aromatic rings. The highest BCUT2D eigenvalue weighted by Gasteiger charge is 2.45. The molecule has 1 aromatic heterocycles. The van der Waals surface area contributed by atoms with Gasteiger partial charge in [0.2, 0.25) is 5.82 Å². The molecular formula is C28H37N5O2. The van der Waals surface area contributed by atoms with E-state index in [0.29, 0.717) is 25.2 Å². The van der Waals surface area contributed by atoms with E-state index in [2.05, 4.69) is 15.2 Å². The minimum absolute atomic E-state index is 0.107. The van der Waals surface area contributed by atoms with Crippen LogP contribution in [0.3, 0.4) is 0 Å². The molecule has 7 rings (SSSR count). The fraction of sp³-hybridized carbons (Fsp3) is 0.679. The van der Waals surface area contributed by atoms with Crippen LogP contribution in [0, 0.1) is 11.8 Å². The first kappa shape index (κ1) is 21.8. The van der Waals surface area contributed by atoms with Crippen LogP contribution in [0.5, 0.6) is 0 Å². The van der Waals surface area contributed by atoms with E-state index in [0.717, 1.165) is 41.8 Å². The number of rotatable bonds is 3. The number of aromatic nitrogens is 2. The van der Waals surface area contributed by atoms with E-state index in [-0.39, 0.29) is 23.5 Å². The summed E-state index contributed by atoms with van der Waals surface area (Å²) in [4.78, 5) is 35.5. The molecule has 4 atom stereocenters. The summed E-state index contributed by atoms with van der Waals surface area (Å²) in [6, 6.07) is 9.78. The summed E-state index contributed by atoms with van der Waals surface area (Å²) in [5.74, 6) is 2.16. The zero-order valence-electron chi connectivity index (χ0n) is 20.6. The fourth-order valence-electron chi connectivity index (χ4n) is 8.49. The lowest BCUT2D eigenvalue weighted by Gasteiger charge is -2.55. The van der Waals surface area contributed by atoms with Crippen molar-refractivity contribution in [3.63, 3.8) is 0 Å². The molecule has 3 saturated heterocycles. The smallest absolute Gasteiger partial charge is 0.323 e. The van der Waals surface area contributed by atoms with Crippen LogP contribution in [-0.4, -0.2) is 51.7 Å². The van der Waals surface area contributed by atoms with Gasteiger partial charge in [-0.1, -0.05) is 37.8 Å². The van der Waals surface area contributed by atoms with Gasteiger partial charge in [0.25, 0.3) is 5.56 Å². The Morgan fingerprint density at radius 3 is 2.23 bits per heavy atom. The van der Waals surface area contributed by atoms with E-state index < -0.39 is 0 Å². The van der Waals surface area contributed by atoms with Crippen LogP contribution in [0.15, 0.2) is 29.1 Å². The van der Waals surface area contributed by atoms with Crippen LogP contribution in [0.2, 0.25) is 0 Å². The molecular weight excluding hydrogens is 438 g/mol. The standard InChI is InChI=1S/C28H37N5O2/c34-27-26(31-12-11-29-28(31)35)30-24-9-1-2-10-25(24)33(27)23-16-20-7-4-8-21(17-23)32(20)22-14-18-5-3-6-19(13-18)15-22/h1-2,9-10,18-23H,3-8,11-17H2,(H,29,35). The van der Waals surface area contributed by atoms with Gasteiger partial charge >= 0.3 is 6.03 Å². The second-order valence-corrected chi connectivity index (χ2v) is 11.8. The summed E-state index contributed by atoms with van der Waals surface area (Å²) < 4.78 is 2.02. The molecule has 186 valence electrons. The number of anilines is 1. The second-order valence-electron chi connectivity index (χ2n) is 11.8. The maximum absolute atomic E-state index is 13.9. The third kappa shape index (κ3) is 3.69. The number of urea groups is 1. The normalized spacial score (nSPS) is 35.3. The quantitative estimate of drug-likeness (QED) is 0.712. The highest BCUT2D eigenvalue weighted by Crippen LogP contribution is 2.47. The highest BCUT2D eigenvalue weighted by molar-refractivity contribution is 5.93. The van der Waals surface area contributed by atoms with Crippen molar-refractivity contribution in [2.75, 3.05) is 18.0 Å². The number of carbonyl (C=O) groups is 1. The van der Waals surface area contributed by atoms with Gasteiger partial charge < -0.3 is 9.88 Å². The van der Waals surface area contributed by atoms with Crippen molar-refractivity contribution in [1.29, 1.82) is 0 Å². The number of para-hydroxylation sites is 2. The minimum Gasteiger partial charge on any atom is -0.336 e. The average molecular weight is 476 g/mol. The molecule has 1 N–H and O–H groups in total. The Hall–Kier alpha value is -2.41. The first-order chi connectivity index (χ1) is 17.2. The molecule has 7 heteroatoms. The number of amides is 2. The van der Waals surface area contributed by atoms with Gasteiger partial charge in [0, 0.05) is 37.3 Å². The maximum atomic E-state index is 13.9. The van der Waals surface area contributed by atoms with E-state index in [4.69, 9.17) is 0 Å². The molecule has 1 aromatic carbocycles. The number of carbonyl (C=O) groups excluding carboxylic acids is 1. The summed E-state index contributed by atoms with van der Waals surface area (Å²) in [6.45, 7) is 1.05. The number of nitrogens with zero attached hydrogens (tertiary/aromatic N) is 4. The van der Waals surface area contributed by atoms with E-state index in [1.807, 2.05) is 28.8 Å². The Labute approximate surface area is 206 Å². The van der Waals surface area contributed by atoms with Crippen LogP contribution >= 0.6 is 0 Å². The highest BCUT2D eigenvalue weighted by atomic mass is 16.2. The third-order valence-electron chi connectivity index (χ3n) is 9.79. The summed E-state index contributed by atoms with van der Waals surface area (Å²) in [7, 11) is 0. The van der Waals surface area contributed by atoms with Gasteiger partial charge in [-0.3, -0.25) is 14.6 Å². The summed E-state index contributed by atoms with van der Waals surface area (Å²) in [6.07, 6.45) is 14.4.